The maximum Gasteiger partial charge on any atom is 0.219 e. The number of hydrogen-bond donors (Lipinski definition) is 1. The molecule has 6 aromatic rings. The molecule has 5 nitrogen and oxygen atoms in total. The summed E-state index contributed by atoms with van der Waals surface area (Å²) >= 11 is 0. The van der Waals surface area contributed by atoms with Gasteiger partial charge >= 0.3 is 0 Å². The first-order valence-corrected chi connectivity index (χ1v) is 12.9. The van der Waals surface area contributed by atoms with Gasteiger partial charge in [-0.15, -0.1) is 0 Å². The summed E-state index contributed by atoms with van der Waals surface area (Å²) in [6, 6.07) is 41.4. The number of hydrogen-bond acceptors (Lipinski definition) is 4. The third-order valence-corrected chi connectivity index (χ3v) is 7.04. The van der Waals surface area contributed by atoms with Crippen LogP contribution in [-0.2, 0) is 5.54 Å². The third-order valence-electron chi connectivity index (χ3n) is 7.04. The van der Waals surface area contributed by atoms with Crippen LogP contribution in [0.15, 0.2) is 140 Å². The predicted octanol–water partition coefficient (Wildman–Crippen LogP) is 7.47. The molecule has 2 aromatic heterocycles. The molecular weight excluding hydrogens is 480 g/mol. The van der Waals surface area contributed by atoms with Crippen LogP contribution in [0.3, 0.4) is 0 Å². The highest BCUT2D eigenvalue weighted by Gasteiger charge is 2.39. The Hall–Kier alpha value is -5.16. The first-order chi connectivity index (χ1) is 19.1. The van der Waals surface area contributed by atoms with Crippen molar-refractivity contribution in [2.45, 2.75) is 12.5 Å². The van der Waals surface area contributed by atoms with Crippen molar-refractivity contribution in [1.29, 1.82) is 0 Å². The average molecular weight is 509 g/mol. The lowest BCUT2D eigenvalue weighted by Crippen LogP contribution is -2.38. The number of anilines is 1. The second-order valence-corrected chi connectivity index (χ2v) is 9.49. The largest absolute Gasteiger partial charge is 0.439 e. The van der Waals surface area contributed by atoms with Gasteiger partial charge in [0.15, 0.2) is 0 Å². The van der Waals surface area contributed by atoms with Gasteiger partial charge in [0.25, 0.3) is 0 Å². The number of aromatic nitrogens is 3. The SMILES string of the molecule is Cc1cc(Oc2ccc(-c3cnn(C(c4ccccc4)(c4ccccc4)c4ccccc4)c3)cc2)ncc1N. The molecular formula is C34H28N4O. The van der Waals surface area contributed by atoms with Crippen LogP contribution in [-0.4, -0.2) is 14.8 Å². The molecule has 0 atom stereocenters. The topological polar surface area (TPSA) is 66.0 Å². The van der Waals surface area contributed by atoms with Gasteiger partial charge in [-0.1, -0.05) is 103 Å². The van der Waals surface area contributed by atoms with E-state index in [1.165, 1.54) is 0 Å². The van der Waals surface area contributed by atoms with E-state index in [1.54, 1.807) is 6.20 Å². The Labute approximate surface area is 228 Å². The van der Waals surface area contributed by atoms with Crippen molar-refractivity contribution in [3.8, 4) is 22.8 Å². The van der Waals surface area contributed by atoms with Gasteiger partial charge in [0.05, 0.1) is 18.1 Å². The van der Waals surface area contributed by atoms with E-state index in [4.69, 9.17) is 15.6 Å². The highest BCUT2D eigenvalue weighted by Crippen LogP contribution is 2.41. The van der Waals surface area contributed by atoms with Gasteiger partial charge in [-0.2, -0.15) is 5.10 Å². The average Bonchev–Trinajstić information content (AvgIpc) is 3.48. The molecule has 0 aliphatic heterocycles. The van der Waals surface area contributed by atoms with Gasteiger partial charge in [-0.25, -0.2) is 4.98 Å². The maximum atomic E-state index is 5.95. The summed E-state index contributed by atoms with van der Waals surface area (Å²) in [6.45, 7) is 1.94. The molecule has 0 saturated carbocycles. The number of pyridine rings is 1. The lowest BCUT2D eigenvalue weighted by Gasteiger charge is -2.36. The molecule has 2 N–H and O–H groups in total. The molecule has 0 aliphatic carbocycles. The number of rotatable bonds is 7. The first-order valence-electron chi connectivity index (χ1n) is 12.9. The molecule has 0 spiro atoms. The highest BCUT2D eigenvalue weighted by atomic mass is 16.5. The van der Waals surface area contributed by atoms with Crippen LogP contribution in [0.5, 0.6) is 11.6 Å². The van der Waals surface area contributed by atoms with Gasteiger partial charge in [0, 0.05) is 17.8 Å². The predicted molar refractivity (Wildman–Crippen MR) is 156 cm³/mol. The number of nitrogens with zero attached hydrogens (tertiary/aromatic N) is 3. The second kappa shape index (κ2) is 10.3. The van der Waals surface area contributed by atoms with E-state index in [1.807, 2.05) is 61.7 Å². The van der Waals surface area contributed by atoms with Gasteiger partial charge in [-0.05, 0) is 46.9 Å². The number of aryl methyl sites for hydroxylation is 1. The lowest BCUT2D eigenvalue weighted by molar-refractivity contribution is 0.460. The fourth-order valence-electron chi connectivity index (χ4n) is 5.02. The summed E-state index contributed by atoms with van der Waals surface area (Å²) in [6.07, 6.45) is 5.66. The van der Waals surface area contributed by atoms with E-state index in [0.717, 1.165) is 33.4 Å². The molecule has 0 bridgehead atoms. The molecule has 5 heteroatoms. The molecule has 0 radical (unpaired) electrons. The number of nitrogen functional groups attached to an aromatic ring is 1. The third kappa shape index (κ3) is 4.55. The Balaban J connectivity index is 1.42. The van der Waals surface area contributed by atoms with Crippen LogP contribution in [0, 0.1) is 6.92 Å². The van der Waals surface area contributed by atoms with Crippen LogP contribution >= 0.6 is 0 Å². The van der Waals surface area contributed by atoms with Crippen LogP contribution in [0.1, 0.15) is 22.3 Å². The monoisotopic (exact) mass is 508 g/mol. The second-order valence-electron chi connectivity index (χ2n) is 9.49. The van der Waals surface area contributed by atoms with Crippen molar-refractivity contribution in [2.24, 2.45) is 0 Å². The smallest absolute Gasteiger partial charge is 0.219 e. The number of ether oxygens (including phenoxy) is 1. The van der Waals surface area contributed by atoms with Gasteiger partial charge in [-0.3, -0.25) is 4.68 Å². The van der Waals surface area contributed by atoms with E-state index in [2.05, 4.69) is 88.7 Å². The fraction of sp³-hybridized carbons (Fsp3) is 0.0588. The normalized spacial score (nSPS) is 11.3. The molecule has 0 saturated heterocycles. The summed E-state index contributed by atoms with van der Waals surface area (Å²) in [5.41, 5.74) is 12.3. The summed E-state index contributed by atoms with van der Waals surface area (Å²) in [5.74, 6) is 1.22. The van der Waals surface area contributed by atoms with E-state index in [-0.39, 0.29) is 0 Å². The van der Waals surface area contributed by atoms with Gasteiger partial charge < -0.3 is 10.5 Å². The van der Waals surface area contributed by atoms with Crippen LogP contribution < -0.4 is 10.5 Å². The lowest BCUT2D eigenvalue weighted by atomic mass is 9.77. The standard InChI is InChI=1S/C34H28N4O/c1-25-21-33(36-23-32(25)35)39-31-19-17-26(18-20-31)27-22-37-38(24-27)34(28-11-5-2-6-12-28,29-13-7-3-8-14-29)30-15-9-4-10-16-30/h2-24H,35H2,1H3. The Morgan fingerprint density at radius 2 is 1.21 bits per heavy atom. The van der Waals surface area contributed by atoms with Gasteiger partial charge in [0.2, 0.25) is 5.88 Å². The zero-order chi connectivity index (χ0) is 26.7. The van der Waals surface area contributed by atoms with Gasteiger partial charge in [0.1, 0.15) is 11.3 Å². The zero-order valence-corrected chi connectivity index (χ0v) is 21.6. The molecule has 0 amide bonds. The maximum absolute atomic E-state index is 5.95. The Bertz CT molecular complexity index is 1580. The van der Waals surface area contributed by atoms with Crippen LogP contribution in [0.25, 0.3) is 11.1 Å². The van der Waals surface area contributed by atoms with Crippen molar-refractivity contribution < 1.29 is 4.74 Å². The molecule has 2 heterocycles. The molecule has 39 heavy (non-hydrogen) atoms. The van der Waals surface area contributed by atoms with E-state index >= 15 is 0 Å². The summed E-state index contributed by atoms with van der Waals surface area (Å²) in [5, 5.41) is 4.97. The van der Waals surface area contributed by atoms with E-state index in [9.17, 15) is 0 Å². The molecule has 4 aromatic carbocycles. The molecule has 0 unspecified atom stereocenters. The minimum Gasteiger partial charge on any atom is -0.439 e. The highest BCUT2D eigenvalue weighted by molar-refractivity contribution is 5.63. The number of benzene rings is 4. The zero-order valence-electron chi connectivity index (χ0n) is 21.6. The van der Waals surface area contributed by atoms with Crippen molar-refractivity contribution >= 4 is 5.69 Å². The van der Waals surface area contributed by atoms with E-state index < -0.39 is 5.54 Å². The summed E-state index contributed by atoms with van der Waals surface area (Å²) in [7, 11) is 0. The molecule has 0 fully saturated rings. The molecule has 190 valence electrons. The Morgan fingerprint density at radius 1 is 0.667 bits per heavy atom. The Kier molecular flexibility index (Phi) is 6.39. The first kappa shape index (κ1) is 24.2. The van der Waals surface area contributed by atoms with Crippen molar-refractivity contribution in [2.75, 3.05) is 5.73 Å². The van der Waals surface area contributed by atoms with Crippen molar-refractivity contribution in [3.63, 3.8) is 0 Å². The molecule has 0 aliphatic rings. The quantitative estimate of drug-likeness (QED) is 0.227. The fourth-order valence-corrected chi connectivity index (χ4v) is 5.02. The molecule has 6 rings (SSSR count). The van der Waals surface area contributed by atoms with Crippen LogP contribution in [0.4, 0.5) is 5.69 Å². The Morgan fingerprint density at radius 3 is 1.72 bits per heavy atom. The van der Waals surface area contributed by atoms with Crippen LogP contribution in [0.2, 0.25) is 0 Å². The summed E-state index contributed by atoms with van der Waals surface area (Å²) < 4.78 is 8.03. The summed E-state index contributed by atoms with van der Waals surface area (Å²) in [4.78, 5) is 4.27. The van der Waals surface area contributed by atoms with Crippen molar-refractivity contribution in [3.05, 3.63) is 162 Å². The minimum atomic E-state index is -0.649. The van der Waals surface area contributed by atoms with Crippen molar-refractivity contribution in [1.82, 2.24) is 14.8 Å². The minimum absolute atomic E-state index is 0.514. The number of nitrogens with two attached hydrogens (primary N) is 1. The van der Waals surface area contributed by atoms with E-state index in [0.29, 0.717) is 17.3 Å².